The van der Waals surface area contributed by atoms with Crippen LogP contribution in [0.5, 0.6) is 5.75 Å². The Kier molecular flexibility index (Phi) is 5.36. The molecule has 0 amide bonds. The summed E-state index contributed by atoms with van der Waals surface area (Å²) in [7, 11) is 1.62. The van der Waals surface area contributed by atoms with E-state index in [1.54, 1.807) is 18.1 Å². The second-order valence-electron chi connectivity index (χ2n) is 7.52. The summed E-state index contributed by atoms with van der Waals surface area (Å²) in [5.74, 6) is 0.413. The summed E-state index contributed by atoms with van der Waals surface area (Å²) in [6.07, 6.45) is 5.04. The number of nitrogens with zero attached hydrogens (tertiary/aromatic N) is 5. The number of anilines is 1. The van der Waals surface area contributed by atoms with Gasteiger partial charge in [0.1, 0.15) is 10.6 Å². The van der Waals surface area contributed by atoms with E-state index in [2.05, 4.69) is 15.3 Å². The molecule has 1 aromatic carbocycles. The zero-order valence-electron chi connectivity index (χ0n) is 17.5. The summed E-state index contributed by atoms with van der Waals surface area (Å²) in [4.78, 5) is 11.4. The maximum atomic E-state index is 12.8. The maximum Gasteiger partial charge on any atom is 0.324 e. The topological polar surface area (TPSA) is 117 Å². The van der Waals surface area contributed by atoms with Gasteiger partial charge in [-0.05, 0) is 43.5 Å². The monoisotopic (exact) mass is 450 g/mol. The van der Waals surface area contributed by atoms with Gasteiger partial charge >= 0.3 is 5.88 Å². The lowest BCUT2D eigenvalue weighted by Gasteiger charge is -2.17. The van der Waals surface area contributed by atoms with Crippen LogP contribution in [0.15, 0.2) is 52.1 Å². The fourth-order valence-corrected chi connectivity index (χ4v) is 4.72. The van der Waals surface area contributed by atoms with Crippen LogP contribution in [-0.2, 0) is 0 Å². The number of rotatable bonds is 5. The minimum Gasteiger partial charge on any atom is -0.857 e. The van der Waals surface area contributed by atoms with Gasteiger partial charge in [0.05, 0.1) is 41.2 Å². The highest BCUT2D eigenvalue weighted by Gasteiger charge is 2.22. The Bertz CT molecular complexity index is 1290. The minimum atomic E-state index is -0.477. The maximum absolute atomic E-state index is 12.8. The fourth-order valence-electron chi connectivity index (χ4n) is 3.74. The lowest BCUT2D eigenvalue weighted by atomic mass is 10.1. The first-order valence-corrected chi connectivity index (χ1v) is 11.2. The molecule has 1 fully saturated rings. The van der Waals surface area contributed by atoms with Crippen LogP contribution in [0.25, 0.3) is 21.5 Å². The standard InChI is InChI=1S/C22H22N6O3S/c1-30-15-7-5-6-14(12-15)17-9-8-16-19(23)20(32-22(16)24-17)21(29)25-18-13-28(26-31-18)27-10-3-2-4-11-27/h5-9,12-13H,2-4,10-11H2,1H3,(H2-,23,25,26,29). The van der Waals surface area contributed by atoms with Gasteiger partial charge in [-0.1, -0.05) is 12.1 Å². The lowest BCUT2D eigenvalue weighted by molar-refractivity contribution is -0.759. The molecule has 0 atom stereocenters. The molecule has 0 spiro atoms. The predicted octanol–water partition coefficient (Wildman–Crippen LogP) is 2.39. The Morgan fingerprint density at radius 1 is 1.25 bits per heavy atom. The number of pyridine rings is 1. The number of aromatic nitrogens is 3. The molecular weight excluding hydrogens is 428 g/mol. The molecule has 2 N–H and O–H groups in total. The van der Waals surface area contributed by atoms with Crippen molar-refractivity contribution < 1.29 is 19.2 Å². The normalized spacial score (nSPS) is 14.8. The number of nitrogen functional groups attached to an aromatic ring is 1. The highest BCUT2D eigenvalue weighted by molar-refractivity contribution is 7.21. The quantitative estimate of drug-likeness (QED) is 0.282. The van der Waals surface area contributed by atoms with E-state index in [1.807, 2.05) is 36.4 Å². The minimum absolute atomic E-state index is 0.141. The zero-order valence-corrected chi connectivity index (χ0v) is 18.3. The van der Waals surface area contributed by atoms with Gasteiger partial charge in [0.25, 0.3) is 6.20 Å². The lowest BCUT2D eigenvalue weighted by Crippen LogP contribution is -2.60. The average Bonchev–Trinajstić information content (AvgIpc) is 3.44. The Balaban J connectivity index is 1.44. The first-order chi connectivity index (χ1) is 15.6. The number of thiophene rings is 1. The highest BCUT2D eigenvalue weighted by atomic mass is 32.1. The number of hydrogen-bond donors (Lipinski definition) is 1. The smallest absolute Gasteiger partial charge is 0.324 e. The van der Waals surface area contributed by atoms with Crippen LogP contribution < -0.4 is 25.4 Å². The number of methoxy groups -OCH3 is 1. The van der Waals surface area contributed by atoms with Crippen LogP contribution in [0.2, 0.25) is 0 Å². The fraction of sp³-hybridized carbons (Fsp3) is 0.273. The molecule has 10 heteroatoms. The van der Waals surface area contributed by atoms with Crippen molar-refractivity contribution in [2.24, 2.45) is 4.99 Å². The van der Waals surface area contributed by atoms with E-state index in [9.17, 15) is 5.11 Å². The SMILES string of the molecule is COc1cccc(-c2ccc3c(N)c(/C([O-])=N/c4c[n+](N5CCCCC5)no4)sc3n2)c1. The largest absolute Gasteiger partial charge is 0.857 e. The van der Waals surface area contributed by atoms with Crippen LogP contribution in [0.3, 0.4) is 0 Å². The van der Waals surface area contributed by atoms with Crippen LogP contribution in [0.1, 0.15) is 24.1 Å². The molecule has 1 saturated heterocycles. The average molecular weight is 451 g/mol. The van der Waals surface area contributed by atoms with E-state index in [1.165, 1.54) is 17.8 Å². The summed E-state index contributed by atoms with van der Waals surface area (Å²) >= 11 is 1.21. The number of fused-ring (bicyclic) bond motifs is 1. The molecule has 1 aliphatic rings. The van der Waals surface area contributed by atoms with Gasteiger partial charge in [0.2, 0.25) is 5.27 Å². The van der Waals surface area contributed by atoms with Crippen molar-refractivity contribution in [1.82, 2.24) is 10.3 Å². The summed E-state index contributed by atoms with van der Waals surface area (Å²) in [5.41, 5.74) is 8.31. The van der Waals surface area contributed by atoms with Crippen LogP contribution >= 0.6 is 11.3 Å². The summed E-state index contributed by atoms with van der Waals surface area (Å²) in [6, 6.07) is 11.4. The summed E-state index contributed by atoms with van der Waals surface area (Å²) in [6.45, 7) is 1.80. The number of nitrogens with two attached hydrogens (primary N) is 1. The molecule has 0 radical (unpaired) electrons. The van der Waals surface area contributed by atoms with Crippen molar-refractivity contribution in [2.75, 3.05) is 30.9 Å². The Morgan fingerprint density at radius 2 is 2.09 bits per heavy atom. The third-order valence-corrected chi connectivity index (χ3v) is 6.53. The second-order valence-corrected chi connectivity index (χ2v) is 8.52. The number of benzene rings is 1. The second kappa shape index (κ2) is 8.46. The Hall–Kier alpha value is -3.66. The van der Waals surface area contributed by atoms with E-state index in [0.29, 0.717) is 15.4 Å². The van der Waals surface area contributed by atoms with Crippen molar-refractivity contribution in [1.29, 1.82) is 0 Å². The van der Waals surface area contributed by atoms with Crippen molar-refractivity contribution in [2.45, 2.75) is 19.3 Å². The number of ether oxygens (including phenoxy) is 1. The first-order valence-electron chi connectivity index (χ1n) is 10.4. The van der Waals surface area contributed by atoms with E-state index in [0.717, 1.165) is 48.3 Å². The van der Waals surface area contributed by atoms with E-state index < -0.39 is 5.90 Å². The molecule has 0 saturated carbocycles. The molecule has 0 unspecified atom stereocenters. The third-order valence-electron chi connectivity index (χ3n) is 5.43. The predicted molar refractivity (Wildman–Crippen MR) is 121 cm³/mol. The first kappa shape index (κ1) is 20.3. The van der Waals surface area contributed by atoms with Crippen LogP contribution in [0.4, 0.5) is 11.6 Å². The molecule has 4 heterocycles. The molecule has 0 bridgehead atoms. The third kappa shape index (κ3) is 3.84. The van der Waals surface area contributed by atoms with Crippen molar-refractivity contribution in [3.8, 4) is 17.0 Å². The number of hydrogen-bond acceptors (Lipinski definition) is 9. The van der Waals surface area contributed by atoms with Gasteiger partial charge in [0.15, 0.2) is 0 Å². The molecule has 4 aromatic rings. The summed E-state index contributed by atoms with van der Waals surface area (Å²) < 4.78 is 10.5. The molecule has 164 valence electrons. The molecule has 5 rings (SSSR count). The molecule has 0 aliphatic carbocycles. The van der Waals surface area contributed by atoms with Gasteiger partial charge in [-0.25, -0.2) is 9.98 Å². The van der Waals surface area contributed by atoms with Gasteiger partial charge < -0.3 is 15.6 Å². The Labute approximate surface area is 188 Å². The van der Waals surface area contributed by atoms with E-state index in [4.69, 9.17) is 20.0 Å². The molecule has 32 heavy (non-hydrogen) atoms. The van der Waals surface area contributed by atoms with Crippen molar-refractivity contribution in [3.05, 3.63) is 47.5 Å². The zero-order chi connectivity index (χ0) is 22.1. The van der Waals surface area contributed by atoms with Crippen LogP contribution in [-0.4, -0.2) is 36.4 Å². The van der Waals surface area contributed by atoms with E-state index in [-0.39, 0.29) is 5.88 Å². The van der Waals surface area contributed by atoms with Crippen molar-refractivity contribution >= 4 is 39.0 Å². The highest BCUT2D eigenvalue weighted by Crippen LogP contribution is 2.34. The van der Waals surface area contributed by atoms with Gasteiger partial charge in [-0.2, -0.15) is 5.01 Å². The van der Waals surface area contributed by atoms with Crippen LogP contribution in [0, 0.1) is 0 Å². The van der Waals surface area contributed by atoms with Gasteiger partial charge in [-0.15, -0.1) is 11.3 Å². The van der Waals surface area contributed by atoms with E-state index >= 15 is 0 Å². The molecule has 9 nitrogen and oxygen atoms in total. The van der Waals surface area contributed by atoms with Gasteiger partial charge in [0, 0.05) is 16.8 Å². The summed E-state index contributed by atoms with van der Waals surface area (Å²) in [5, 5.41) is 19.6. The molecule has 3 aromatic heterocycles. The number of aliphatic imine (C=N–C) groups is 1. The molecular formula is C22H22N6O3S. The van der Waals surface area contributed by atoms with Crippen molar-refractivity contribution in [3.63, 3.8) is 0 Å². The number of piperidine rings is 1. The molecule has 1 aliphatic heterocycles. The Morgan fingerprint density at radius 3 is 2.91 bits per heavy atom. The van der Waals surface area contributed by atoms with Gasteiger partial charge in [-0.3, -0.25) is 4.52 Å².